The average molecular weight is 1820 g/mol. The van der Waals surface area contributed by atoms with Crippen LogP contribution in [-0.2, 0) is 60.7 Å². The lowest BCUT2D eigenvalue weighted by atomic mass is 9.98. The van der Waals surface area contributed by atoms with Crippen LogP contribution in [0.1, 0.15) is 0 Å². The van der Waals surface area contributed by atoms with Crippen LogP contribution in [-0.4, -0.2) is 123 Å². The van der Waals surface area contributed by atoms with Gasteiger partial charge in [0.1, 0.15) is 47.2 Å². The number of hydrogen-bond acceptors (Lipinski definition) is 26. The number of pyridine rings is 4. The first kappa shape index (κ1) is 89.7. The Balaban J connectivity index is 0.000000189. The number of benzene rings is 6. The van der Waals surface area contributed by atoms with Crippen molar-refractivity contribution >= 4 is 60.7 Å². The van der Waals surface area contributed by atoms with E-state index >= 15 is 0 Å². The summed E-state index contributed by atoms with van der Waals surface area (Å²) in [7, 11) is -35.4. The van der Waals surface area contributed by atoms with E-state index in [1.807, 2.05) is 0 Å². The first-order valence-corrected chi connectivity index (χ1v) is 40.3. The maximum absolute atomic E-state index is 12.7. The molecule has 630 valence electrons. The minimum atomic E-state index is -5.90. The molecule has 12 aromatic rings. The number of halogens is 18. The Morgan fingerprint density at radius 1 is 0.208 bits per heavy atom. The van der Waals surface area contributed by atoms with Gasteiger partial charge in [-0.05, 0) is 168 Å². The molecular weight excluding hydrogens is 1780 g/mol. The molecule has 0 atom stereocenters. The first-order chi connectivity index (χ1) is 55.7. The molecule has 6 heterocycles. The standard InChI is InChI=1S/C24H14F6N2O6S2.2C23H13F6N3O6S2/c25-23(26,27)39(33,34)37-18-5-1-15(2-6-18)20-9-10-21(16-11-13-31-14-12-16)32-22(20)17-3-7-19(8-4-17)38-40(35,36)24(28,29)30;24-22(25,26)39(33,34)37-17-5-1-14(2-6-17)19-9-10-20(16-11-30-13-31-12-16)32-21(19)15-3-7-18(8-4-15)38-40(35,36)23(27,28)29;24-22(25,26)39(33,34)37-16-5-1-14(2-6-16)18-9-10-20(19-11-12-30-13-31-19)32-21(18)15-3-7-17(8-4-15)38-40(35,36)23(27,28)29/h1-14H;2*1-13H. The molecule has 0 N–H and O–H groups in total. The fourth-order valence-corrected chi connectivity index (χ4v) is 12.5. The van der Waals surface area contributed by atoms with E-state index in [9.17, 15) is 130 Å². The summed E-state index contributed by atoms with van der Waals surface area (Å²) < 4.78 is 388. The van der Waals surface area contributed by atoms with Gasteiger partial charge in [-0.3, -0.25) is 4.98 Å². The van der Waals surface area contributed by atoms with Gasteiger partial charge in [0.25, 0.3) is 0 Å². The second-order valence-corrected chi connectivity index (χ2v) is 32.5. The summed E-state index contributed by atoms with van der Waals surface area (Å²) in [4.78, 5) is 33.3. The largest absolute Gasteiger partial charge is 0.534 e. The quantitative estimate of drug-likeness (QED) is 0.0366. The molecule has 120 heavy (non-hydrogen) atoms. The molecule has 0 aliphatic heterocycles. The third kappa shape index (κ3) is 21.6. The third-order valence-corrected chi connectivity index (χ3v) is 21.1. The van der Waals surface area contributed by atoms with E-state index in [0.717, 1.165) is 72.8 Å². The molecule has 0 unspecified atom stereocenters. The maximum atomic E-state index is 12.7. The monoisotopic (exact) mass is 1810 g/mol. The Morgan fingerprint density at radius 3 is 0.692 bits per heavy atom. The molecule has 0 bridgehead atoms. The zero-order valence-corrected chi connectivity index (χ0v) is 63.2. The summed E-state index contributed by atoms with van der Waals surface area (Å²) in [6.45, 7) is 0. The van der Waals surface area contributed by atoms with E-state index in [1.54, 1.807) is 54.6 Å². The molecule has 0 saturated heterocycles. The van der Waals surface area contributed by atoms with Gasteiger partial charge in [-0.15, -0.1) is 0 Å². The first-order valence-electron chi connectivity index (χ1n) is 31.8. The van der Waals surface area contributed by atoms with Crippen molar-refractivity contribution in [3.63, 3.8) is 0 Å². The van der Waals surface area contributed by atoms with Crippen molar-refractivity contribution in [2.45, 2.75) is 33.0 Å². The van der Waals surface area contributed by atoms with Crippen molar-refractivity contribution < 1.29 is 155 Å². The lowest BCUT2D eigenvalue weighted by Crippen LogP contribution is -2.28. The number of rotatable bonds is 21. The van der Waals surface area contributed by atoms with Crippen LogP contribution in [0.2, 0.25) is 0 Å². The number of aromatic nitrogens is 8. The number of nitrogens with zero attached hydrogens (tertiary/aromatic N) is 8. The molecule has 0 saturated carbocycles. The topological polar surface area (TPSA) is 363 Å². The predicted molar refractivity (Wildman–Crippen MR) is 384 cm³/mol. The van der Waals surface area contributed by atoms with E-state index in [2.05, 4.69) is 65.0 Å². The van der Waals surface area contributed by atoms with Gasteiger partial charge in [0.2, 0.25) is 0 Å². The normalized spacial score (nSPS) is 12.7. The van der Waals surface area contributed by atoms with Gasteiger partial charge in [-0.25, -0.2) is 34.9 Å². The molecule has 26 nitrogen and oxygen atoms in total. The minimum absolute atomic E-state index is 0.206. The fraction of sp³-hybridized carbons (Fsp3) is 0.0857. The molecule has 12 rings (SSSR count). The molecule has 0 amide bonds. The van der Waals surface area contributed by atoms with Gasteiger partial charge in [0.15, 0.2) is 0 Å². The fourth-order valence-electron chi connectivity index (χ4n) is 9.72. The van der Waals surface area contributed by atoms with Crippen molar-refractivity contribution in [1.29, 1.82) is 0 Å². The second kappa shape index (κ2) is 34.3. The smallest absolute Gasteiger partial charge is 0.376 e. The van der Waals surface area contributed by atoms with E-state index in [1.165, 1.54) is 116 Å². The van der Waals surface area contributed by atoms with Crippen molar-refractivity contribution in [2.24, 2.45) is 0 Å². The highest BCUT2D eigenvalue weighted by Gasteiger charge is 2.53. The molecule has 0 aliphatic rings. The van der Waals surface area contributed by atoms with Crippen LogP contribution in [0.4, 0.5) is 79.0 Å². The van der Waals surface area contributed by atoms with Crippen LogP contribution in [0.3, 0.4) is 0 Å². The van der Waals surface area contributed by atoms with E-state index in [0.29, 0.717) is 72.8 Å². The molecule has 0 radical (unpaired) electrons. The van der Waals surface area contributed by atoms with Crippen molar-refractivity contribution in [3.05, 3.63) is 244 Å². The van der Waals surface area contributed by atoms with Crippen molar-refractivity contribution in [2.75, 3.05) is 0 Å². The van der Waals surface area contributed by atoms with Crippen LogP contribution < -0.4 is 25.1 Å². The summed E-state index contributed by atoms with van der Waals surface area (Å²) in [6, 6.07) is 41.3. The third-order valence-electron chi connectivity index (χ3n) is 15.2. The van der Waals surface area contributed by atoms with Gasteiger partial charge < -0.3 is 25.1 Å². The van der Waals surface area contributed by atoms with Crippen LogP contribution >= 0.6 is 0 Å². The van der Waals surface area contributed by atoms with Crippen LogP contribution in [0, 0.1) is 0 Å². The zero-order valence-electron chi connectivity index (χ0n) is 58.3. The van der Waals surface area contributed by atoms with Crippen LogP contribution in [0.15, 0.2) is 244 Å². The summed E-state index contributed by atoms with van der Waals surface area (Å²) in [5.41, 5.74) is -27.4. The Labute approximate surface area is 664 Å². The Hall–Kier alpha value is -12.7. The molecule has 50 heteroatoms. The molecule has 0 spiro atoms. The van der Waals surface area contributed by atoms with Gasteiger partial charge in [-0.1, -0.05) is 48.5 Å². The van der Waals surface area contributed by atoms with Crippen molar-refractivity contribution in [3.8, 4) is 136 Å². The highest BCUT2D eigenvalue weighted by Crippen LogP contribution is 2.42. The van der Waals surface area contributed by atoms with Crippen LogP contribution in [0.5, 0.6) is 34.5 Å². The molecule has 0 fully saturated rings. The van der Waals surface area contributed by atoms with E-state index in [-0.39, 0.29) is 28.2 Å². The highest BCUT2D eigenvalue weighted by atomic mass is 32.2. The number of hydrogen-bond donors (Lipinski definition) is 0. The molecule has 6 aromatic heterocycles. The Bertz CT molecular complexity index is 5810. The highest BCUT2D eigenvalue weighted by molar-refractivity contribution is 7.89. The Morgan fingerprint density at radius 2 is 0.442 bits per heavy atom. The molecular formula is C70H40F18N8O18S6. The molecule has 6 aromatic carbocycles. The SMILES string of the molecule is O=S(=O)(Oc1ccc(-c2ccc(-c3ccncc3)nc2-c2ccc(OS(=O)(=O)C(F)(F)F)cc2)cc1)C(F)(F)F.O=S(=O)(Oc1ccc(-c2ccc(-c3ccncn3)nc2-c2ccc(OS(=O)(=O)C(F)(F)F)cc2)cc1)C(F)(F)F.O=S(=O)(Oc1ccc(-c2ccc(-c3cncnc3)nc2-c2ccc(OS(=O)(=O)C(F)(F)F)cc2)cc1)C(F)(F)F. The summed E-state index contributed by atoms with van der Waals surface area (Å²) in [5.74, 6) is -3.68. The average Bonchev–Trinajstić information content (AvgIpc) is 0.791. The van der Waals surface area contributed by atoms with Gasteiger partial charge in [0, 0.05) is 75.5 Å². The Kier molecular flexibility index (Phi) is 25.7. The summed E-state index contributed by atoms with van der Waals surface area (Å²) in [5, 5.41) is 0. The second-order valence-electron chi connectivity index (χ2n) is 23.3. The lowest BCUT2D eigenvalue weighted by molar-refractivity contribution is -0.0504. The van der Waals surface area contributed by atoms with Crippen molar-refractivity contribution in [1.82, 2.24) is 39.9 Å². The predicted octanol–water partition coefficient (Wildman–Crippen LogP) is 16.6. The van der Waals surface area contributed by atoms with E-state index < -0.39 is 128 Å². The minimum Gasteiger partial charge on any atom is -0.376 e. The van der Waals surface area contributed by atoms with Gasteiger partial charge >= 0.3 is 93.8 Å². The van der Waals surface area contributed by atoms with Gasteiger partial charge in [0.05, 0.1) is 39.9 Å². The van der Waals surface area contributed by atoms with E-state index in [4.69, 9.17) is 0 Å². The molecule has 0 aliphatic carbocycles. The maximum Gasteiger partial charge on any atom is 0.534 e. The number of alkyl halides is 18. The lowest BCUT2D eigenvalue weighted by Gasteiger charge is -2.14. The zero-order chi connectivity index (χ0) is 88.0. The summed E-state index contributed by atoms with van der Waals surface area (Å²) >= 11 is 0. The van der Waals surface area contributed by atoms with Gasteiger partial charge in [-0.2, -0.15) is 130 Å². The summed E-state index contributed by atoms with van der Waals surface area (Å²) in [6.07, 6.45) is 9.98. The van der Waals surface area contributed by atoms with Crippen LogP contribution in [0.25, 0.3) is 101 Å².